The average Bonchev–Trinajstić information content (AvgIpc) is 3.34. The molecule has 3 aromatic carbocycles. The molecule has 1 amide bonds. The summed E-state index contributed by atoms with van der Waals surface area (Å²) in [5, 5.41) is 11.6. The predicted molar refractivity (Wildman–Crippen MR) is 141 cm³/mol. The molecule has 0 saturated carbocycles. The summed E-state index contributed by atoms with van der Waals surface area (Å²) in [5.41, 5.74) is 1.51. The van der Waals surface area contributed by atoms with Crippen molar-refractivity contribution in [3.8, 4) is 5.75 Å². The van der Waals surface area contributed by atoms with Crippen LogP contribution in [0.2, 0.25) is 5.02 Å². The fourth-order valence-corrected chi connectivity index (χ4v) is 6.84. The number of fused-ring (bicyclic) bond motifs is 1. The highest BCUT2D eigenvalue weighted by Gasteiger charge is 2.37. The maximum Gasteiger partial charge on any atom is 0.269 e. The van der Waals surface area contributed by atoms with Crippen LogP contribution in [0.25, 0.3) is 0 Å². The van der Waals surface area contributed by atoms with Crippen molar-refractivity contribution < 1.29 is 17.9 Å². The van der Waals surface area contributed by atoms with Crippen LogP contribution < -0.4 is 14.4 Å². The summed E-state index contributed by atoms with van der Waals surface area (Å²) in [5.74, 6) is 0.498. The molecular weight excluding hydrogens is 540 g/mol. The smallest absolute Gasteiger partial charge is 0.269 e. The van der Waals surface area contributed by atoms with E-state index in [0.717, 1.165) is 11.3 Å². The Morgan fingerprint density at radius 2 is 1.78 bits per heavy atom. The second-order valence-corrected chi connectivity index (χ2v) is 12.2. The quantitative estimate of drug-likeness (QED) is 0.249. The standard InChI is InChI=1S/C24H19ClN4O4S3/c25-17-10-12-18(13-11-17)36(31,32)29-14-21(33-20-9-5-4-8-19(20)29)22(30)26-23-27-28-24(35-23)34-15-16-6-2-1-3-7-16/h1-13,21H,14-15H2,(H,26,27,30)/t21-/m1/s1. The van der Waals surface area contributed by atoms with Crippen molar-refractivity contribution in [2.75, 3.05) is 16.2 Å². The average molecular weight is 559 g/mol. The third-order valence-corrected chi connectivity index (χ3v) is 9.36. The molecule has 0 fully saturated rings. The number of sulfonamides is 1. The van der Waals surface area contributed by atoms with Gasteiger partial charge in [-0.1, -0.05) is 77.2 Å². The Hall–Kier alpha value is -3.12. The Bertz CT molecular complexity index is 1480. The summed E-state index contributed by atoms with van der Waals surface area (Å²) < 4.78 is 34.7. The molecule has 2 heterocycles. The van der Waals surface area contributed by atoms with Crippen LogP contribution in [-0.2, 0) is 20.6 Å². The lowest BCUT2D eigenvalue weighted by atomic mass is 10.2. The topological polar surface area (TPSA) is 101 Å². The maximum absolute atomic E-state index is 13.5. The summed E-state index contributed by atoms with van der Waals surface area (Å²) in [6.07, 6.45) is -1.09. The summed E-state index contributed by atoms with van der Waals surface area (Å²) >= 11 is 8.69. The first kappa shape index (κ1) is 24.6. The first-order valence-electron chi connectivity index (χ1n) is 10.8. The van der Waals surface area contributed by atoms with Gasteiger partial charge in [0.25, 0.3) is 15.9 Å². The van der Waals surface area contributed by atoms with Gasteiger partial charge in [-0.3, -0.25) is 14.4 Å². The van der Waals surface area contributed by atoms with Gasteiger partial charge in [0, 0.05) is 10.8 Å². The molecule has 1 atom stereocenters. The second-order valence-electron chi connectivity index (χ2n) is 7.70. The van der Waals surface area contributed by atoms with E-state index in [1.807, 2.05) is 30.3 Å². The SMILES string of the molecule is O=C(Nc1nnc(SCc2ccccc2)s1)[C@H]1CN(S(=O)(=O)c2ccc(Cl)cc2)c2ccccc2O1. The zero-order valence-electron chi connectivity index (χ0n) is 18.6. The van der Waals surface area contributed by atoms with Crippen molar-refractivity contribution in [3.63, 3.8) is 0 Å². The summed E-state index contributed by atoms with van der Waals surface area (Å²) in [4.78, 5) is 13.1. The number of anilines is 2. The lowest BCUT2D eigenvalue weighted by molar-refractivity contribution is -0.122. The Morgan fingerprint density at radius 3 is 2.56 bits per heavy atom. The zero-order valence-corrected chi connectivity index (χ0v) is 21.8. The van der Waals surface area contributed by atoms with E-state index in [-0.39, 0.29) is 17.2 Å². The molecule has 1 aliphatic heterocycles. The molecule has 12 heteroatoms. The molecule has 1 N–H and O–H groups in total. The number of nitrogens with zero attached hydrogens (tertiary/aromatic N) is 3. The van der Waals surface area contributed by atoms with Crippen molar-refractivity contribution in [3.05, 3.63) is 89.4 Å². The van der Waals surface area contributed by atoms with Crippen LogP contribution in [0, 0.1) is 0 Å². The van der Waals surface area contributed by atoms with Crippen LogP contribution >= 0.6 is 34.7 Å². The lowest BCUT2D eigenvalue weighted by Crippen LogP contribution is -2.48. The number of rotatable bonds is 7. The van der Waals surface area contributed by atoms with Crippen LogP contribution in [0.1, 0.15) is 5.56 Å². The number of halogens is 1. The minimum absolute atomic E-state index is 0.0620. The highest BCUT2D eigenvalue weighted by molar-refractivity contribution is 8.00. The molecule has 0 unspecified atom stereocenters. The molecule has 1 aliphatic rings. The van der Waals surface area contributed by atoms with Gasteiger partial charge in [-0.15, -0.1) is 10.2 Å². The van der Waals surface area contributed by atoms with E-state index in [9.17, 15) is 13.2 Å². The summed E-state index contributed by atoms with van der Waals surface area (Å²) in [6, 6.07) is 22.5. The normalized spacial score (nSPS) is 15.1. The largest absolute Gasteiger partial charge is 0.476 e. The summed E-state index contributed by atoms with van der Waals surface area (Å²) in [7, 11) is -3.98. The van der Waals surface area contributed by atoms with Gasteiger partial charge in [-0.25, -0.2) is 8.42 Å². The molecule has 184 valence electrons. The van der Waals surface area contributed by atoms with Crippen molar-refractivity contribution in [2.45, 2.75) is 21.1 Å². The number of ether oxygens (including phenoxy) is 1. The van der Waals surface area contributed by atoms with Crippen LogP contribution in [0.4, 0.5) is 10.8 Å². The van der Waals surface area contributed by atoms with Gasteiger partial charge < -0.3 is 4.74 Å². The van der Waals surface area contributed by atoms with Gasteiger partial charge in [0.05, 0.1) is 17.1 Å². The minimum atomic E-state index is -3.98. The first-order chi connectivity index (χ1) is 17.4. The van der Waals surface area contributed by atoms with E-state index in [0.29, 0.717) is 20.2 Å². The molecule has 36 heavy (non-hydrogen) atoms. The van der Waals surface area contributed by atoms with Crippen molar-refractivity contribution in [1.82, 2.24) is 10.2 Å². The number of carbonyl (C=O) groups is 1. The van der Waals surface area contributed by atoms with E-state index >= 15 is 0 Å². The van der Waals surface area contributed by atoms with Gasteiger partial charge in [-0.05, 0) is 42.0 Å². The number of para-hydroxylation sites is 2. The number of nitrogens with one attached hydrogen (secondary N) is 1. The fourth-order valence-electron chi connectivity index (χ4n) is 3.52. The molecule has 8 nitrogen and oxygen atoms in total. The van der Waals surface area contributed by atoms with E-state index < -0.39 is 22.0 Å². The number of amides is 1. The minimum Gasteiger partial charge on any atom is -0.476 e. The Labute approximate surface area is 221 Å². The van der Waals surface area contributed by atoms with E-state index in [2.05, 4.69) is 15.5 Å². The Kier molecular flexibility index (Phi) is 7.15. The van der Waals surface area contributed by atoms with Gasteiger partial charge in [0.15, 0.2) is 10.4 Å². The molecule has 4 aromatic rings. The van der Waals surface area contributed by atoms with Gasteiger partial charge >= 0.3 is 0 Å². The highest BCUT2D eigenvalue weighted by atomic mass is 35.5. The third-order valence-electron chi connectivity index (χ3n) is 5.27. The Balaban J connectivity index is 1.32. The molecule has 0 spiro atoms. The number of hydrogen-bond donors (Lipinski definition) is 1. The van der Waals surface area contributed by atoms with Gasteiger partial charge in [0.1, 0.15) is 5.75 Å². The number of hydrogen-bond acceptors (Lipinski definition) is 8. The number of thioether (sulfide) groups is 1. The molecule has 0 bridgehead atoms. The number of aromatic nitrogens is 2. The van der Waals surface area contributed by atoms with Crippen molar-refractivity contribution in [1.29, 1.82) is 0 Å². The third kappa shape index (κ3) is 5.34. The fraction of sp³-hybridized carbons (Fsp3) is 0.125. The molecule has 0 aliphatic carbocycles. The number of benzene rings is 3. The van der Waals surface area contributed by atoms with E-state index in [4.69, 9.17) is 16.3 Å². The number of carbonyl (C=O) groups excluding carboxylic acids is 1. The summed E-state index contributed by atoms with van der Waals surface area (Å²) in [6.45, 7) is -0.206. The van der Waals surface area contributed by atoms with Crippen molar-refractivity contribution >= 4 is 61.4 Å². The predicted octanol–water partition coefficient (Wildman–Crippen LogP) is 5.08. The van der Waals surface area contributed by atoms with E-state index in [1.54, 1.807) is 24.3 Å². The first-order valence-corrected chi connectivity index (χ1v) is 14.4. The van der Waals surface area contributed by atoms with Gasteiger partial charge in [-0.2, -0.15) is 0 Å². The van der Waals surface area contributed by atoms with Crippen LogP contribution in [0.3, 0.4) is 0 Å². The van der Waals surface area contributed by atoms with Crippen molar-refractivity contribution in [2.24, 2.45) is 0 Å². The Morgan fingerprint density at radius 1 is 1.06 bits per heavy atom. The lowest BCUT2D eigenvalue weighted by Gasteiger charge is -2.34. The highest BCUT2D eigenvalue weighted by Crippen LogP contribution is 2.37. The van der Waals surface area contributed by atoms with E-state index in [1.165, 1.54) is 51.7 Å². The van der Waals surface area contributed by atoms with Crippen LogP contribution in [-0.4, -0.2) is 37.2 Å². The molecule has 0 radical (unpaired) electrons. The molecule has 0 saturated heterocycles. The molecular formula is C24H19ClN4O4S3. The van der Waals surface area contributed by atoms with Gasteiger partial charge in [0.2, 0.25) is 5.13 Å². The zero-order chi connectivity index (χ0) is 25.1. The molecule has 1 aromatic heterocycles. The monoisotopic (exact) mass is 558 g/mol. The van der Waals surface area contributed by atoms with Crippen LogP contribution in [0.5, 0.6) is 5.75 Å². The van der Waals surface area contributed by atoms with Crippen LogP contribution in [0.15, 0.2) is 88.1 Å². The molecule has 5 rings (SSSR count). The maximum atomic E-state index is 13.5. The second kappa shape index (κ2) is 10.5.